The van der Waals surface area contributed by atoms with E-state index >= 15 is 0 Å². The molecule has 0 spiro atoms. The van der Waals surface area contributed by atoms with Crippen molar-refractivity contribution in [1.29, 1.82) is 0 Å². The zero-order valence-corrected chi connectivity index (χ0v) is 20.0. The van der Waals surface area contributed by atoms with Crippen molar-refractivity contribution in [2.75, 3.05) is 17.6 Å². The molecule has 7 rings (SSSR count). The van der Waals surface area contributed by atoms with Gasteiger partial charge in [0.15, 0.2) is 0 Å². The molecule has 2 aromatic heterocycles. The van der Waals surface area contributed by atoms with Crippen LogP contribution >= 0.6 is 11.6 Å². The number of nitrogens with two attached hydrogens (primary N) is 1. The number of hydrogen-bond acceptors (Lipinski definition) is 4. The molecule has 0 amide bonds. The van der Waals surface area contributed by atoms with E-state index in [-0.39, 0.29) is 0 Å². The minimum atomic E-state index is 0.740. The van der Waals surface area contributed by atoms with Crippen LogP contribution in [0, 0.1) is 0 Å². The van der Waals surface area contributed by atoms with Crippen molar-refractivity contribution < 1.29 is 0 Å². The maximum absolute atomic E-state index is 6.02. The molecule has 3 heterocycles. The highest BCUT2D eigenvalue weighted by Crippen LogP contribution is 2.37. The van der Waals surface area contributed by atoms with E-state index in [9.17, 15) is 0 Å². The number of nitrogens with zero attached hydrogens (tertiary/aromatic N) is 3. The number of anilines is 2. The van der Waals surface area contributed by atoms with Crippen molar-refractivity contribution in [3.63, 3.8) is 0 Å². The predicted molar refractivity (Wildman–Crippen MR) is 143 cm³/mol. The van der Waals surface area contributed by atoms with E-state index in [0.717, 1.165) is 46.9 Å². The van der Waals surface area contributed by atoms with Gasteiger partial charge in [0.25, 0.3) is 0 Å². The molecule has 1 aliphatic heterocycles. The van der Waals surface area contributed by atoms with Crippen molar-refractivity contribution in [3.8, 4) is 11.3 Å². The van der Waals surface area contributed by atoms with Gasteiger partial charge in [-0.25, -0.2) is 9.97 Å². The summed E-state index contributed by atoms with van der Waals surface area (Å²) in [5.74, 6) is 0.874. The summed E-state index contributed by atoms with van der Waals surface area (Å²) in [6.45, 7) is 4.03. The van der Waals surface area contributed by atoms with Crippen LogP contribution < -0.4 is 11.1 Å². The predicted octanol–water partition coefficient (Wildman–Crippen LogP) is 7.14. The lowest BCUT2D eigenvalue weighted by Crippen LogP contribution is -2.04. The van der Waals surface area contributed by atoms with E-state index in [0.29, 0.717) is 0 Å². The molecule has 0 saturated heterocycles. The summed E-state index contributed by atoms with van der Waals surface area (Å²) in [5.41, 5.74) is 12.7. The molecule has 34 heavy (non-hydrogen) atoms. The summed E-state index contributed by atoms with van der Waals surface area (Å²) in [4.78, 5) is 8.49. The highest BCUT2D eigenvalue weighted by atomic mass is 35.5. The molecule has 3 aromatic carbocycles. The van der Waals surface area contributed by atoms with Crippen molar-refractivity contribution >= 4 is 44.9 Å². The quantitative estimate of drug-likeness (QED) is 0.192. The topological polar surface area (TPSA) is 68.8 Å². The van der Waals surface area contributed by atoms with Crippen LogP contribution in [0.25, 0.3) is 33.1 Å². The maximum atomic E-state index is 6.02. The fraction of sp³-hybridized carbons (Fsp3) is 0.214. The summed E-state index contributed by atoms with van der Waals surface area (Å²) in [5, 5.41) is 6.48. The van der Waals surface area contributed by atoms with E-state index in [2.05, 4.69) is 57.1 Å². The summed E-state index contributed by atoms with van der Waals surface area (Å²) in [6, 6.07) is 22.7. The van der Waals surface area contributed by atoms with Gasteiger partial charge in [-0.1, -0.05) is 49.6 Å². The molecule has 4 bridgehead atoms. The van der Waals surface area contributed by atoms with Crippen LogP contribution in [-0.4, -0.2) is 21.1 Å². The number of nitrogens with one attached hydrogen (secondary N) is 1. The van der Waals surface area contributed by atoms with Crippen LogP contribution in [0.1, 0.15) is 31.7 Å². The number of rotatable bonds is 7. The number of halogens is 1. The van der Waals surface area contributed by atoms with Crippen molar-refractivity contribution in [2.45, 2.75) is 32.7 Å². The largest absolute Gasteiger partial charge is 0.399 e. The Hall–Kier alpha value is -3.57. The SMILES string of the molecule is CCCCCNc1ncnc2ccc(N)cc12.Clc1cccc(Cn2c3cc4cc-3ccc42)c1. The zero-order valence-electron chi connectivity index (χ0n) is 19.3. The summed E-state index contributed by atoms with van der Waals surface area (Å²) in [7, 11) is 0. The molecule has 3 N–H and O–H groups in total. The molecule has 5 nitrogen and oxygen atoms in total. The number of pyridine rings is 2. The Morgan fingerprint density at radius 2 is 1.88 bits per heavy atom. The first-order chi connectivity index (χ1) is 16.6. The number of hydrogen-bond donors (Lipinski definition) is 2. The fourth-order valence-corrected chi connectivity index (χ4v) is 4.67. The van der Waals surface area contributed by atoms with Gasteiger partial charge >= 0.3 is 0 Å². The molecule has 0 radical (unpaired) electrons. The number of unbranched alkanes of at least 4 members (excludes halogenated alkanes) is 2. The standard InChI is InChI=1S/C15H10ClN.C13H18N4/c16-13-3-1-2-10(6-13)9-17-14-5-4-11-7-12(14)8-15(11)17;1-2-3-4-7-15-13-11-8-10(14)5-6-12(11)16-9-17-13/h1-8H,9H2;5-6,8-9H,2-4,7,14H2,1H3,(H,15,16,17). The second-order valence-electron chi connectivity index (χ2n) is 8.65. The summed E-state index contributed by atoms with van der Waals surface area (Å²) >= 11 is 6.02. The van der Waals surface area contributed by atoms with E-state index < -0.39 is 0 Å². The van der Waals surface area contributed by atoms with E-state index in [1.165, 1.54) is 40.6 Å². The Morgan fingerprint density at radius 1 is 0.971 bits per heavy atom. The van der Waals surface area contributed by atoms with Gasteiger partial charge in [-0.2, -0.15) is 0 Å². The van der Waals surface area contributed by atoms with Crippen LogP contribution in [0.3, 0.4) is 0 Å². The molecule has 172 valence electrons. The molecule has 2 aliphatic rings. The van der Waals surface area contributed by atoms with Crippen LogP contribution in [0.4, 0.5) is 11.5 Å². The van der Waals surface area contributed by atoms with Crippen LogP contribution in [0.15, 0.2) is 73.1 Å². The lowest BCUT2D eigenvalue weighted by molar-refractivity contribution is 0.742. The molecular weight excluding hydrogens is 442 g/mol. The van der Waals surface area contributed by atoms with Gasteiger partial charge in [0.2, 0.25) is 0 Å². The molecule has 0 fully saturated rings. The smallest absolute Gasteiger partial charge is 0.137 e. The minimum absolute atomic E-state index is 0.740. The highest BCUT2D eigenvalue weighted by Gasteiger charge is 2.17. The van der Waals surface area contributed by atoms with Crippen LogP contribution in [0.2, 0.25) is 5.02 Å². The highest BCUT2D eigenvalue weighted by molar-refractivity contribution is 6.30. The first kappa shape index (κ1) is 22.2. The zero-order chi connectivity index (χ0) is 23.5. The monoisotopic (exact) mass is 469 g/mol. The van der Waals surface area contributed by atoms with Gasteiger partial charge in [-0.3, -0.25) is 0 Å². The summed E-state index contributed by atoms with van der Waals surface area (Å²) < 4.78 is 2.36. The van der Waals surface area contributed by atoms with Crippen LogP contribution in [0.5, 0.6) is 0 Å². The van der Waals surface area contributed by atoms with Gasteiger partial charge in [0.05, 0.1) is 5.52 Å². The number of aromatic nitrogens is 3. The third-order valence-electron chi connectivity index (χ3n) is 6.16. The first-order valence-electron chi connectivity index (χ1n) is 11.7. The second-order valence-corrected chi connectivity index (χ2v) is 9.09. The van der Waals surface area contributed by atoms with Crippen LogP contribution in [-0.2, 0) is 6.54 Å². The molecule has 5 aromatic rings. The molecular formula is C28H28ClN5. The lowest BCUT2D eigenvalue weighted by Gasteiger charge is -2.15. The van der Waals surface area contributed by atoms with Gasteiger partial charge in [-0.15, -0.1) is 0 Å². The number of nitrogen functional groups attached to an aromatic ring is 1. The number of benzene rings is 3. The average molecular weight is 470 g/mol. The third kappa shape index (κ3) is 4.57. The van der Waals surface area contributed by atoms with E-state index in [1.54, 1.807) is 6.33 Å². The Balaban J connectivity index is 0.000000142. The van der Waals surface area contributed by atoms with Gasteiger partial charge in [0, 0.05) is 45.8 Å². The Labute approximate surface area is 204 Å². The fourth-order valence-electron chi connectivity index (χ4n) is 4.45. The van der Waals surface area contributed by atoms with E-state index in [1.807, 2.05) is 36.4 Å². The van der Waals surface area contributed by atoms with Crippen molar-refractivity contribution in [3.05, 3.63) is 83.6 Å². The average Bonchev–Trinajstić information content (AvgIpc) is 3.36. The number of fused-ring (bicyclic) bond motifs is 2. The molecule has 0 unspecified atom stereocenters. The summed E-state index contributed by atoms with van der Waals surface area (Å²) in [6.07, 6.45) is 5.20. The molecule has 0 saturated carbocycles. The third-order valence-corrected chi connectivity index (χ3v) is 6.39. The molecule has 1 aliphatic carbocycles. The Kier molecular flexibility index (Phi) is 6.37. The molecule has 0 atom stereocenters. The van der Waals surface area contributed by atoms with Crippen molar-refractivity contribution in [2.24, 2.45) is 0 Å². The van der Waals surface area contributed by atoms with Gasteiger partial charge in [-0.05, 0) is 66.1 Å². The normalized spacial score (nSPS) is 11.4. The van der Waals surface area contributed by atoms with Crippen molar-refractivity contribution in [1.82, 2.24) is 14.5 Å². The maximum Gasteiger partial charge on any atom is 0.137 e. The van der Waals surface area contributed by atoms with Gasteiger partial charge in [0.1, 0.15) is 12.1 Å². The first-order valence-corrected chi connectivity index (χ1v) is 12.1. The second kappa shape index (κ2) is 9.74. The van der Waals surface area contributed by atoms with E-state index in [4.69, 9.17) is 17.3 Å². The lowest BCUT2D eigenvalue weighted by atomic mass is 10.1. The Bertz CT molecular complexity index is 1460. The van der Waals surface area contributed by atoms with Gasteiger partial charge < -0.3 is 15.6 Å². The Morgan fingerprint density at radius 3 is 2.68 bits per heavy atom. The molecule has 6 heteroatoms. The minimum Gasteiger partial charge on any atom is -0.399 e.